The summed E-state index contributed by atoms with van der Waals surface area (Å²) in [5.41, 5.74) is 0.00865. The normalized spacial score (nSPS) is 10.3. The van der Waals surface area contributed by atoms with E-state index in [1.165, 1.54) is 18.4 Å². The van der Waals surface area contributed by atoms with Crippen molar-refractivity contribution in [2.45, 2.75) is 13.8 Å². The largest absolute Gasteiger partial charge is 0.475 e. The van der Waals surface area contributed by atoms with E-state index in [4.69, 9.17) is 4.74 Å². The Morgan fingerprint density at radius 3 is 2.70 bits per heavy atom. The maximum absolute atomic E-state index is 12.0. The summed E-state index contributed by atoms with van der Waals surface area (Å²) in [5.74, 6) is -0.937. The molecule has 10 heteroatoms. The number of nitro groups is 1. The highest BCUT2D eigenvalue weighted by atomic mass is 32.1. The lowest BCUT2D eigenvalue weighted by atomic mass is 10.3. The van der Waals surface area contributed by atoms with Crippen LogP contribution in [0.2, 0.25) is 0 Å². The molecule has 1 amide bonds. The van der Waals surface area contributed by atoms with E-state index in [-0.39, 0.29) is 11.6 Å². The molecule has 0 aliphatic carbocycles. The van der Waals surface area contributed by atoms with Gasteiger partial charge >= 0.3 is 11.6 Å². The summed E-state index contributed by atoms with van der Waals surface area (Å²) in [6, 6.07) is 0. The van der Waals surface area contributed by atoms with E-state index < -0.39 is 16.5 Å². The van der Waals surface area contributed by atoms with Gasteiger partial charge in [-0.05, 0) is 13.8 Å². The number of carbonyl (C=O) groups excluding carboxylic acids is 1. The van der Waals surface area contributed by atoms with Gasteiger partial charge in [-0.1, -0.05) is 0 Å². The monoisotopic (exact) mass is 297 g/mol. The molecule has 2 aromatic heterocycles. The fourth-order valence-corrected chi connectivity index (χ4v) is 2.29. The van der Waals surface area contributed by atoms with E-state index in [1.807, 2.05) is 13.8 Å². The maximum atomic E-state index is 12.0. The molecule has 0 atom stereocenters. The first-order valence-electron chi connectivity index (χ1n) is 5.46. The molecule has 0 unspecified atom stereocenters. The van der Waals surface area contributed by atoms with Crippen molar-refractivity contribution in [1.29, 1.82) is 0 Å². The zero-order chi connectivity index (χ0) is 14.9. The van der Waals surface area contributed by atoms with E-state index in [0.29, 0.717) is 5.13 Å². The number of aromatic amines is 1. The third-order valence-electron chi connectivity index (χ3n) is 2.56. The number of carbonyl (C=O) groups is 1. The number of nitrogens with one attached hydrogen (secondary N) is 2. The number of H-pyrrole nitrogens is 1. The molecule has 0 bridgehead atoms. The molecule has 2 N–H and O–H groups in total. The number of hydrogen-bond donors (Lipinski definition) is 2. The van der Waals surface area contributed by atoms with Crippen LogP contribution in [0.3, 0.4) is 0 Å². The molecule has 0 saturated carbocycles. The van der Waals surface area contributed by atoms with Gasteiger partial charge in [0.05, 0.1) is 17.7 Å². The van der Waals surface area contributed by atoms with Gasteiger partial charge in [0.1, 0.15) is 0 Å². The topological polar surface area (TPSA) is 123 Å². The zero-order valence-corrected chi connectivity index (χ0v) is 11.7. The Bertz CT molecular complexity index is 658. The average molecular weight is 297 g/mol. The Balaban J connectivity index is 2.29. The molecule has 20 heavy (non-hydrogen) atoms. The minimum atomic E-state index is -0.727. The first-order valence-corrected chi connectivity index (χ1v) is 6.27. The van der Waals surface area contributed by atoms with Gasteiger partial charge in [-0.3, -0.25) is 25.3 Å². The highest BCUT2D eigenvalue weighted by Gasteiger charge is 2.30. The minimum Gasteiger partial charge on any atom is -0.475 e. The summed E-state index contributed by atoms with van der Waals surface area (Å²) >= 11 is 1.29. The minimum absolute atomic E-state index is 0.244. The van der Waals surface area contributed by atoms with E-state index >= 15 is 0 Å². The second kappa shape index (κ2) is 5.25. The standard InChI is InChI=1S/C10H11N5O4S/c1-4-5(2)20-10(11-4)12-8(16)6-7(15(17)18)9(19-3)14-13-6/h1-3H3,(H,13,14)(H,11,12,16). The van der Waals surface area contributed by atoms with Crippen molar-refractivity contribution >= 4 is 28.1 Å². The van der Waals surface area contributed by atoms with Crippen molar-refractivity contribution in [2.24, 2.45) is 0 Å². The molecule has 0 saturated heterocycles. The molecule has 0 spiro atoms. The van der Waals surface area contributed by atoms with Crippen molar-refractivity contribution < 1.29 is 14.5 Å². The molecule has 0 aromatic carbocycles. The predicted octanol–water partition coefficient (Wildman–Crippen LogP) is 1.65. The van der Waals surface area contributed by atoms with Crippen molar-refractivity contribution in [3.8, 4) is 5.88 Å². The van der Waals surface area contributed by atoms with Crippen LogP contribution in [0.4, 0.5) is 10.8 Å². The highest BCUT2D eigenvalue weighted by Crippen LogP contribution is 2.29. The first kappa shape index (κ1) is 13.9. The van der Waals surface area contributed by atoms with E-state index in [0.717, 1.165) is 10.6 Å². The lowest BCUT2D eigenvalue weighted by Gasteiger charge is -1.98. The van der Waals surface area contributed by atoms with E-state index in [9.17, 15) is 14.9 Å². The number of aryl methyl sites for hydroxylation is 2. The number of thiazole rings is 1. The van der Waals surface area contributed by atoms with Crippen LogP contribution in [0.1, 0.15) is 21.1 Å². The summed E-state index contributed by atoms with van der Waals surface area (Å²) in [5, 5.41) is 19.7. The van der Waals surface area contributed by atoms with Gasteiger partial charge in [0.15, 0.2) is 5.13 Å². The third kappa shape index (κ3) is 2.45. The highest BCUT2D eigenvalue weighted by molar-refractivity contribution is 7.15. The Hall–Kier alpha value is -2.49. The van der Waals surface area contributed by atoms with E-state index in [1.54, 1.807) is 0 Å². The first-order chi connectivity index (χ1) is 9.43. The third-order valence-corrected chi connectivity index (χ3v) is 3.55. The molecule has 2 aromatic rings. The van der Waals surface area contributed by atoms with Crippen LogP contribution in [-0.2, 0) is 0 Å². The SMILES string of the molecule is COc1n[nH]c(C(=O)Nc2nc(C)c(C)s2)c1[N+](=O)[O-]. The van der Waals surface area contributed by atoms with Crippen LogP contribution in [0.5, 0.6) is 5.88 Å². The number of aromatic nitrogens is 3. The molecular weight excluding hydrogens is 286 g/mol. The van der Waals surface area contributed by atoms with Gasteiger partial charge in [0.2, 0.25) is 5.69 Å². The summed E-state index contributed by atoms with van der Waals surface area (Å²) in [4.78, 5) is 27.3. The van der Waals surface area contributed by atoms with Crippen molar-refractivity contribution in [3.05, 3.63) is 26.4 Å². The molecule has 0 aliphatic rings. The number of nitrogens with zero attached hydrogens (tertiary/aromatic N) is 3. The Kier molecular flexibility index (Phi) is 3.66. The maximum Gasteiger partial charge on any atom is 0.362 e. The second-order valence-corrected chi connectivity index (χ2v) is 5.03. The molecule has 106 valence electrons. The fourth-order valence-electron chi connectivity index (χ4n) is 1.48. The summed E-state index contributed by atoms with van der Waals surface area (Å²) in [6.07, 6.45) is 0. The fraction of sp³-hybridized carbons (Fsp3) is 0.300. The van der Waals surface area contributed by atoms with Gasteiger partial charge in [-0.2, -0.15) is 0 Å². The zero-order valence-electron chi connectivity index (χ0n) is 10.9. The van der Waals surface area contributed by atoms with Crippen LogP contribution in [0, 0.1) is 24.0 Å². The van der Waals surface area contributed by atoms with Crippen LogP contribution < -0.4 is 10.1 Å². The van der Waals surface area contributed by atoms with Crippen LogP contribution in [0.15, 0.2) is 0 Å². The molecule has 0 radical (unpaired) electrons. The van der Waals surface area contributed by atoms with Gasteiger partial charge in [-0.25, -0.2) is 4.98 Å². The smallest absolute Gasteiger partial charge is 0.362 e. The van der Waals surface area contributed by atoms with Crippen LogP contribution in [-0.4, -0.2) is 33.1 Å². The molecular formula is C10H11N5O4S. The Morgan fingerprint density at radius 1 is 1.50 bits per heavy atom. The lowest BCUT2D eigenvalue weighted by Crippen LogP contribution is -2.14. The Labute approximate surface area is 117 Å². The van der Waals surface area contributed by atoms with Gasteiger partial charge < -0.3 is 4.74 Å². The molecule has 2 heterocycles. The lowest BCUT2D eigenvalue weighted by molar-refractivity contribution is -0.386. The number of methoxy groups -OCH3 is 1. The number of anilines is 1. The number of ether oxygens (including phenoxy) is 1. The summed E-state index contributed by atoms with van der Waals surface area (Å²) < 4.78 is 4.73. The van der Waals surface area contributed by atoms with Gasteiger partial charge in [0.25, 0.3) is 5.91 Å². The quantitative estimate of drug-likeness (QED) is 0.653. The van der Waals surface area contributed by atoms with Crippen molar-refractivity contribution in [1.82, 2.24) is 15.2 Å². The summed E-state index contributed by atoms with van der Waals surface area (Å²) in [7, 11) is 1.23. The number of hydrogen-bond acceptors (Lipinski definition) is 7. The Morgan fingerprint density at radius 2 is 2.20 bits per heavy atom. The number of amides is 1. The van der Waals surface area contributed by atoms with E-state index in [2.05, 4.69) is 20.5 Å². The molecule has 2 rings (SSSR count). The predicted molar refractivity (Wildman–Crippen MR) is 71.3 cm³/mol. The van der Waals surface area contributed by atoms with Crippen molar-refractivity contribution in [2.75, 3.05) is 12.4 Å². The van der Waals surface area contributed by atoms with Crippen molar-refractivity contribution in [3.63, 3.8) is 0 Å². The number of rotatable bonds is 4. The van der Waals surface area contributed by atoms with Crippen LogP contribution >= 0.6 is 11.3 Å². The van der Waals surface area contributed by atoms with Gasteiger partial charge in [0, 0.05) is 4.88 Å². The summed E-state index contributed by atoms with van der Waals surface area (Å²) in [6.45, 7) is 3.67. The second-order valence-electron chi connectivity index (χ2n) is 3.83. The molecule has 9 nitrogen and oxygen atoms in total. The molecule has 0 fully saturated rings. The average Bonchev–Trinajstić information content (AvgIpc) is 2.93. The van der Waals surface area contributed by atoms with Crippen LogP contribution in [0.25, 0.3) is 0 Å². The molecule has 0 aliphatic heterocycles. The van der Waals surface area contributed by atoms with Gasteiger partial charge in [-0.15, -0.1) is 16.4 Å².